The highest BCUT2D eigenvalue weighted by molar-refractivity contribution is 5.77. The van der Waals surface area contributed by atoms with Crippen molar-refractivity contribution in [3.63, 3.8) is 0 Å². The van der Waals surface area contributed by atoms with Gasteiger partial charge in [0, 0.05) is 6.07 Å². The number of nitrogens with zero attached hydrogens (tertiary/aromatic N) is 1. The maximum absolute atomic E-state index is 6.58. The molecule has 102 valence electrons. The lowest BCUT2D eigenvalue weighted by atomic mass is 9.76. The molecule has 1 aliphatic carbocycles. The van der Waals surface area contributed by atoms with Crippen LogP contribution in [-0.4, -0.2) is 17.1 Å². The van der Waals surface area contributed by atoms with Gasteiger partial charge in [-0.15, -0.1) is 0 Å². The highest BCUT2D eigenvalue weighted by Crippen LogP contribution is 2.37. The summed E-state index contributed by atoms with van der Waals surface area (Å²) in [6.07, 6.45) is 4.46. The molecule has 0 amide bonds. The lowest BCUT2D eigenvalue weighted by molar-refractivity contribution is 0.230. The van der Waals surface area contributed by atoms with Crippen LogP contribution in [0.3, 0.4) is 0 Å². The monoisotopic (exact) mass is 259 g/mol. The second-order valence-electron chi connectivity index (χ2n) is 5.83. The van der Waals surface area contributed by atoms with Crippen molar-refractivity contribution in [3.8, 4) is 5.75 Å². The van der Waals surface area contributed by atoms with Crippen molar-refractivity contribution in [2.24, 2.45) is 11.7 Å². The minimum Gasteiger partial charge on any atom is -0.497 e. The molecular formula is C15H21N3O. The van der Waals surface area contributed by atoms with E-state index in [-0.39, 0.29) is 5.54 Å². The Bertz CT molecular complexity index is 592. The molecular weight excluding hydrogens is 238 g/mol. The molecule has 0 saturated heterocycles. The Kier molecular flexibility index (Phi) is 2.97. The average Bonchev–Trinajstić information content (AvgIpc) is 2.81. The van der Waals surface area contributed by atoms with Crippen molar-refractivity contribution in [1.82, 2.24) is 9.97 Å². The van der Waals surface area contributed by atoms with Crippen LogP contribution in [0.4, 0.5) is 0 Å². The van der Waals surface area contributed by atoms with Gasteiger partial charge >= 0.3 is 0 Å². The first-order chi connectivity index (χ1) is 9.10. The van der Waals surface area contributed by atoms with Gasteiger partial charge in [0.25, 0.3) is 0 Å². The lowest BCUT2D eigenvalue weighted by Gasteiger charge is -2.35. The first-order valence-electron chi connectivity index (χ1n) is 6.94. The van der Waals surface area contributed by atoms with Gasteiger partial charge in [-0.05, 0) is 30.9 Å². The molecule has 2 unspecified atom stereocenters. The summed E-state index contributed by atoms with van der Waals surface area (Å²) in [5, 5.41) is 0. The van der Waals surface area contributed by atoms with Crippen LogP contribution in [-0.2, 0) is 5.54 Å². The molecule has 0 spiro atoms. The number of nitrogens with one attached hydrogen (secondary N) is 1. The van der Waals surface area contributed by atoms with Crippen LogP contribution < -0.4 is 10.5 Å². The van der Waals surface area contributed by atoms with E-state index in [2.05, 4.69) is 16.9 Å². The molecule has 0 bridgehead atoms. The first-order valence-corrected chi connectivity index (χ1v) is 6.94. The van der Waals surface area contributed by atoms with Crippen LogP contribution in [0, 0.1) is 5.92 Å². The molecule has 2 atom stereocenters. The standard InChI is InChI=1S/C15H21N3O/c1-10-4-3-7-15(16,9-10)14-17-12-6-5-11(19-2)8-13(12)18-14/h5-6,8,10H,3-4,7,9,16H2,1-2H3,(H,17,18). The fourth-order valence-corrected chi connectivity index (χ4v) is 3.16. The van der Waals surface area contributed by atoms with Gasteiger partial charge in [-0.2, -0.15) is 0 Å². The van der Waals surface area contributed by atoms with Gasteiger partial charge in [-0.3, -0.25) is 0 Å². The van der Waals surface area contributed by atoms with Gasteiger partial charge in [0.15, 0.2) is 0 Å². The summed E-state index contributed by atoms with van der Waals surface area (Å²) in [5.41, 5.74) is 8.23. The zero-order valence-corrected chi connectivity index (χ0v) is 11.6. The zero-order chi connectivity index (χ0) is 13.5. The average molecular weight is 259 g/mol. The van der Waals surface area contributed by atoms with E-state index in [1.807, 2.05) is 18.2 Å². The highest BCUT2D eigenvalue weighted by atomic mass is 16.5. The van der Waals surface area contributed by atoms with Crippen LogP contribution in [0.1, 0.15) is 38.4 Å². The fourth-order valence-electron chi connectivity index (χ4n) is 3.16. The smallest absolute Gasteiger partial charge is 0.127 e. The first kappa shape index (κ1) is 12.5. The number of aromatic amines is 1. The Morgan fingerprint density at radius 2 is 2.32 bits per heavy atom. The molecule has 1 fully saturated rings. The number of ether oxygens (including phenoxy) is 1. The summed E-state index contributed by atoms with van der Waals surface area (Å²) in [4.78, 5) is 8.07. The van der Waals surface area contributed by atoms with E-state index in [4.69, 9.17) is 10.5 Å². The third-order valence-corrected chi connectivity index (χ3v) is 4.19. The number of fused-ring (bicyclic) bond motifs is 1. The summed E-state index contributed by atoms with van der Waals surface area (Å²) in [6, 6.07) is 5.88. The molecule has 3 rings (SSSR count). The Morgan fingerprint density at radius 1 is 1.47 bits per heavy atom. The van der Waals surface area contributed by atoms with Crippen molar-refractivity contribution in [1.29, 1.82) is 0 Å². The Morgan fingerprint density at radius 3 is 3.05 bits per heavy atom. The van der Waals surface area contributed by atoms with Crippen molar-refractivity contribution >= 4 is 11.0 Å². The molecule has 1 saturated carbocycles. The highest BCUT2D eigenvalue weighted by Gasteiger charge is 2.35. The van der Waals surface area contributed by atoms with Gasteiger partial charge in [0.1, 0.15) is 11.6 Å². The molecule has 2 aromatic rings. The number of methoxy groups -OCH3 is 1. The summed E-state index contributed by atoms with van der Waals surface area (Å²) in [5.74, 6) is 2.43. The van der Waals surface area contributed by atoms with Gasteiger partial charge < -0.3 is 15.5 Å². The Hall–Kier alpha value is -1.55. The number of H-pyrrole nitrogens is 1. The van der Waals surface area contributed by atoms with E-state index in [0.29, 0.717) is 5.92 Å². The maximum atomic E-state index is 6.58. The fraction of sp³-hybridized carbons (Fsp3) is 0.533. The zero-order valence-electron chi connectivity index (χ0n) is 11.6. The number of rotatable bonds is 2. The van der Waals surface area contributed by atoms with Crippen LogP contribution >= 0.6 is 0 Å². The normalized spacial score (nSPS) is 27.6. The second kappa shape index (κ2) is 4.53. The molecule has 3 N–H and O–H groups in total. The number of benzene rings is 1. The third kappa shape index (κ3) is 2.21. The number of nitrogens with two attached hydrogens (primary N) is 1. The number of hydrogen-bond acceptors (Lipinski definition) is 3. The van der Waals surface area contributed by atoms with Crippen LogP contribution in [0.5, 0.6) is 5.75 Å². The summed E-state index contributed by atoms with van der Waals surface area (Å²) in [6.45, 7) is 2.27. The van der Waals surface area contributed by atoms with Gasteiger partial charge in [0.2, 0.25) is 0 Å². The molecule has 1 heterocycles. The van der Waals surface area contributed by atoms with Crippen LogP contribution in [0.15, 0.2) is 18.2 Å². The van der Waals surface area contributed by atoms with E-state index in [0.717, 1.165) is 35.4 Å². The quantitative estimate of drug-likeness (QED) is 0.871. The van der Waals surface area contributed by atoms with Crippen molar-refractivity contribution < 1.29 is 4.74 Å². The molecule has 19 heavy (non-hydrogen) atoms. The molecule has 1 aromatic carbocycles. The molecule has 4 nitrogen and oxygen atoms in total. The SMILES string of the molecule is COc1ccc2nc(C3(N)CCCC(C)C3)[nH]c2c1. The minimum atomic E-state index is -0.302. The predicted octanol–water partition coefficient (Wildman–Crippen LogP) is 2.94. The van der Waals surface area contributed by atoms with Crippen molar-refractivity contribution in [2.45, 2.75) is 38.1 Å². The maximum Gasteiger partial charge on any atom is 0.127 e. The third-order valence-electron chi connectivity index (χ3n) is 4.19. The Labute approximate surface area is 113 Å². The van der Waals surface area contributed by atoms with E-state index in [9.17, 15) is 0 Å². The van der Waals surface area contributed by atoms with Gasteiger partial charge in [-0.1, -0.05) is 19.8 Å². The van der Waals surface area contributed by atoms with E-state index >= 15 is 0 Å². The summed E-state index contributed by atoms with van der Waals surface area (Å²) in [7, 11) is 1.67. The largest absolute Gasteiger partial charge is 0.497 e. The second-order valence-corrected chi connectivity index (χ2v) is 5.83. The van der Waals surface area contributed by atoms with E-state index < -0.39 is 0 Å². The van der Waals surface area contributed by atoms with Crippen molar-refractivity contribution in [3.05, 3.63) is 24.0 Å². The van der Waals surface area contributed by atoms with E-state index in [1.165, 1.54) is 12.8 Å². The van der Waals surface area contributed by atoms with Gasteiger partial charge in [-0.25, -0.2) is 4.98 Å². The Balaban J connectivity index is 2.00. The topological polar surface area (TPSA) is 63.9 Å². The summed E-state index contributed by atoms with van der Waals surface area (Å²) < 4.78 is 5.24. The predicted molar refractivity (Wildman–Crippen MR) is 76.1 cm³/mol. The van der Waals surface area contributed by atoms with Crippen molar-refractivity contribution in [2.75, 3.05) is 7.11 Å². The van der Waals surface area contributed by atoms with Gasteiger partial charge in [0.05, 0.1) is 23.7 Å². The molecule has 4 heteroatoms. The number of hydrogen-bond donors (Lipinski definition) is 2. The number of imidazole rings is 1. The minimum absolute atomic E-state index is 0.302. The molecule has 1 aliphatic rings. The summed E-state index contributed by atoms with van der Waals surface area (Å²) >= 11 is 0. The lowest BCUT2D eigenvalue weighted by Crippen LogP contribution is -2.42. The van der Waals surface area contributed by atoms with Crippen LogP contribution in [0.2, 0.25) is 0 Å². The molecule has 0 radical (unpaired) electrons. The molecule has 0 aliphatic heterocycles. The van der Waals surface area contributed by atoms with E-state index in [1.54, 1.807) is 7.11 Å². The number of aromatic nitrogens is 2. The molecule has 1 aromatic heterocycles. The van der Waals surface area contributed by atoms with Crippen LogP contribution in [0.25, 0.3) is 11.0 Å².